The van der Waals surface area contributed by atoms with Gasteiger partial charge in [0.1, 0.15) is 5.82 Å². The van der Waals surface area contributed by atoms with Gasteiger partial charge in [0.2, 0.25) is 10.0 Å². The van der Waals surface area contributed by atoms with Crippen LogP contribution >= 0.6 is 0 Å². The van der Waals surface area contributed by atoms with Crippen LogP contribution in [0.3, 0.4) is 0 Å². The average molecular weight is 500 g/mol. The number of hydrogen-bond donors (Lipinski definition) is 0. The quantitative estimate of drug-likeness (QED) is 0.507. The van der Waals surface area contributed by atoms with E-state index in [1.165, 1.54) is 33.3 Å². The van der Waals surface area contributed by atoms with Gasteiger partial charge in [0.25, 0.3) is 5.91 Å². The van der Waals surface area contributed by atoms with Crippen LogP contribution in [-0.4, -0.2) is 87.9 Å². The fourth-order valence-electron chi connectivity index (χ4n) is 4.45. The molecule has 3 aromatic rings. The number of rotatable bonds is 6. The molecule has 2 aromatic carbocycles. The maximum Gasteiger partial charge on any atom is 0.253 e. The van der Waals surface area contributed by atoms with Gasteiger partial charge in [0.15, 0.2) is 5.82 Å². The number of piperazine rings is 1. The third-order valence-corrected chi connectivity index (χ3v) is 8.33. The van der Waals surface area contributed by atoms with E-state index in [-0.39, 0.29) is 16.6 Å². The van der Waals surface area contributed by atoms with E-state index in [1.807, 2.05) is 0 Å². The Kier molecular flexibility index (Phi) is 6.58. The Bertz CT molecular complexity index is 1300. The third kappa shape index (κ3) is 4.95. The third-order valence-electron chi connectivity index (χ3n) is 6.42. The summed E-state index contributed by atoms with van der Waals surface area (Å²) in [7, 11) is -3.50. The van der Waals surface area contributed by atoms with Crippen LogP contribution in [-0.2, 0) is 16.6 Å². The molecule has 0 saturated carbocycles. The maximum atomic E-state index is 13.6. The van der Waals surface area contributed by atoms with Crippen molar-refractivity contribution in [3.8, 4) is 5.69 Å². The lowest BCUT2D eigenvalue weighted by atomic mass is 10.2. The molecule has 2 saturated heterocycles. The van der Waals surface area contributed by atoms with Crippen LogP contribution in [0.1, 0.15) is 29.0 Å². The highest BCUT2D eigenvalue weighted by molar-refractivity contribution is 7.89. The Morgan fingerprint density at radius 3 is 2.34 bits per heavy atom. The molecule has 0 aliphatic carbocycles. The lowest BCUT2D eigenvalue weighted by Crippen LogP contribution is -2.48. The molecule has 10 nitrogen and oxygen atoms in total. The van der Waals surface area contributed by atoms with Gasteiger partial charge in [-0.15, -0.1) is 5.10 Å². The summed E-state index contributed by atoms with van der Waals surface area (Å²) in [6, 6.07) is 12.3. The zero-order chi connectivity index (χ0) is 24.4. The molecule has 2 aliphatic rings. The highest BCUT2D eigenvalue weighted by Gasteiger charge is 2.28. The van der Waals surface area contributed by atoms with E-state index in [9.17, 15) is 17.6 Å². The number of tetrazole rings is 1. The lowest BCUT2D eigenvalue weighted by molar-refractivity contribution is 0.0624. The molecule has 35 heavy (non-hydrogen) atoms. The topological polar surface area (TPSA) is 105 Å². The van der Waals surface area contributed by atoms with E-state index in [1.54, 1.807) is 29.2 Å². The molecule has 3 heterocycles. The molecule has 0 unspecified atom stereocenters. The molecule has 1 amide bonds. The Balaban J connectivity index is 1.19. The number of halogens is 1. The monoisotopic (exact) mass is 499 g/mol. The summed E-state index contributed by atoms with van der Waals surface area (Å²) in [5, 5.41) is 11.8. The van der Waals surface area contributed by atoms with Gasteiger partial charge in [0, 0.05) is 44.8 Å². The highest BCUT2D eigenvalue weighted by Crippen LogP contribution is 2.22. The number of aromatic nitrogens is 4. The smallest absolute Gasteiger partial charge is 0.253 e. The summed E-state index contributed by atoms with van der Waals surface area (Å²) in [4.78, 5) is 17.1. The van der Waals surface area contributed by atoms with Crippen LogP contribution in [0.4, 0.5) is 4.39 Å². The summed E-state index contributed by atoms with van der Waals surface area (Å²) >= 11 is 0. The minimum absolute atomic E-state index is 0.126. The Hall–Kier alpha value is -3.22. The Labute approximate surface area is 203 Å². The van der Waals surface area contributed by atoms with Gasteiger partial charge < -0.3 is 4.90 Å². The zero-order valence-corrected chi connectivity index (χ0v) is 19.9. The fourth-order valence-corrected chi connectivity index (χ4v) is 5.97. The number of carbonyl (C=O) groups excluding carboxylic acids is 1. The predicted octanol–water partition coefficient (Wildman–Crippen LogP) is 1.54. The molecule has 0 bridgehead atoms. The van der Waals surface area contributed by atoms with Crippen molar-refractivity contribution in [2.45, 2.75) is 24.3 Å². The first-order valence-corrected chi connectivity index (χ1v) is 13.0. The van der Waals surface area contributed by atoms with E-state index in [4.69, 9.17) is 0 Å². The SMILES string of the molecule is O=C(c1ccc(S(=O)(=O)N2CCCC2)cc1)N1CCN(Cc2nnnn2-c2cccc(F)c2)CC1. The molecular weight excluding hydrogens is 473 g/mol. The molecule has 0 atom stereocenters. The van der Waals surface area contributed by atoms with E-state index >= 15 is 0 Å². The van der Waals surface area contributed by atoms with Gasteiger partial charge in [-0.05, 0) is 65.7 Å². The number of hydrogen-bond acceptors (Lipinski definition) is 7. The zero-order valence-electron chi connectivity index (χ0n) is 19.1. The number of benzene rings is 2. The van der Waals surface area contributed by atoms with Gasteiger partial charge in [-0.25, -0.2) is 12.8 Å². The van der Waals surface area contributed by atoms with Crippen molar-refractivity contribution in [2.24, 2.45) is 0 Å². The number of amides is 1. The van der Waals surface area contributed by atoms with Crippen molar-refractivity contribution in [2.75, 3.05) is 39.3 Å². The summed E-state index contributed by atoms with van der Waals surface area (Å²) in [6.45, 7) is 3.85. The van der Waals surface area contributed by atoms with Crippen LogP contribution in [0.15, 0.2) is 53.4 Å². The van der Waals surface area contributed by atoms with Gasteiger partial charge >= 0.3 is 0 Å². The van der Waals surface area contributed by atoms with Crippen molar-refractivity contribution in [3.05, 3.63) is 65.7 Å². The molecule has 12 heteroatoms. The second-order valence-corrected chi connectivity index (χ2v) is 10.6. The summed E-state index contributed by atoms with van der Waals surface area (Å²) < 4.78 is 42.0. The lowest BCUT2D eigenvalue weighted by Gasteiger charge is -2.34. The first-order chi connectivity index (χ1) is 16.9. The minimum Gasteiger partial charge on any atom is -0.336 e. The Morgan fingerprint density at radius 1 is 0.943 bits per heavy atom. The van der Waals surface area contributed by atoms with Crippen molar-refractivity contribution in [1.29, 1.82) is 0 Å². The highest BCUT2D eigenvalue weighted by atomic mass is 32.2. The largest absolute Gasteiger partial charge is 0.336 e. The van der Waals surface area contributed by atoms with Gasteiger partial charge in [-0.2, -0.15) is 8.99 Å². The first-order valence-electron chi connectivity index (χ1n) is 11.6. The summed E-state index contributed by atoms with van der Waals surface area (Å²) in [5.74, 6) is 0.0993. The van der Waals surface area contributed by atoms with E-state index < -0.39 is 10.0 Å². The van der Waals surface area contributed by atoms with Gasteiger partial charge in [-0.1, -0.05) is 6.07 Å². The normalized spacial score (nSPS) is 17.7. The molecule has 2 aliphatic heterocycles. The standard InChI is InChI=1S/C23H26FN7O3S/c24-19-4-3-5-20(16-19)31-22(25-26-27-31)17-28-12-14-29(15-13-28)23(32)18-6-8-21(9-7-18)35(33,34)30-10-1-2-11-30/h3-9,16H,1-2,10-15,17H2. The van der Waals surface area contributed by atoms with Crippen molar-refractivity contribution in [1.82, 2.24) is 34.3 Å². The Morgan fingerprint density at radius 2 is 1.66 bits per heavy atom. The van der Waals surface area contributed by atoms with E-state index in [0.29, 0.717) is 62.9 Å². The van der Waals surface area contributed by atoms with Crippen LogP contribution in [0, 0.1) is 5.82 Å². The second kappa shape index (κ2) is 9.80. The van der Waals surface area contributed by atoms with E-state index in [0.717, 1.165) is 12.8 Å². The average Bonchev–Trinajstić information content (AvgIpc) is 3.57. The molecule has 0 radical (unpaired) electrons. The molecule has 2 fully saturated rings. The minimum atomic E-state index is -3.50. The van der Waals surface area contributed by atoms with Crippen LogP contribution in [0.2, 0.25) is 0 Å². The van der Waals surface area contributed by atoms with Crippen LogP contribution < -0.4 is 0 Å². The second-order valence-electron chi connectivity index (χ2n) is 8.69. The van der Waals surface area contributed by atoms with Crippen molar-refractivity contribution in [3.63, 3.8) is 0 Å². The molecule has 1 aromatic heterocycles. The van der Waals surface area contributed by atoms with Crippen molar-refractivity contribution < 1.29 is 17.6 Å². The summed E-state index contributed by atoms with van der Waals surface area (Å²) in [5.41, 5.74) is 1.02. The molecular formula is C23H26FN7O3S. The fraction of sp³-hybridized carbons (Fsp3) is 0.391. The number of nitrogens with zero attached hydrogens (tertiary/aromatic N) is 7. The maximum absolute atomic E-state index is 13.6. The molecule has 184 valence electrons. The van der Waals surface area contributed by atoms with E-state index in [2.05, 4.69) is 20.4 Å². The first kappa shape index (κ1) is 23.5. The number of carbonyl (C=O) groups is 1. The molecule has 0 spiro atoms. The van der Waals surface area contributed by atoms with Gasteiger partial charge in [-0.3, -0.25) is 9.69 Å². The molecule has 5 rings (SSSR count). The molecule has 0 N–H and O–H groups in total. The number of sulfonamides is 1. The van der Waals surface area contributed by atoms with Gasteiger partial charge in [0.05, 0.1) is 17.1 Å². The van der Waals surface area contributed by atoms with Crippen molar-refractivity contribution >= 4 is 15.9 Å². The predicted molar refractivity (Wildman–Crippen MR) is 125 cm³/mol. The van der Waals surface area contributed by atoms with Crippen LogP contribution in [0.5, 0.6) is 0 Å². The summed E-state index contributed by atoms with van der Waals surface area (Å²) in [6.07, 6.45) is 1.75. The van der Waals surface area contributed by atoms with Crippen LogP contribution in [0.25, 0.3) is 5.69 Å².